The Bertz CT molecular complexity index is 1620. The minimum Gasteiger partial charge on any atom is -0.392 e. The summed E-state index contributed by atoms with van der Waals surface area (Å²) in [5.74, 6) is -0.661. The van der Waals surface area contributed by atoms with E-state index in [1.807, 2.05) is 91.1 Å². The van der Waals surface area contributed by atoms with Crippen molar-refractivity contribution in [2.45, 2.75) is 63.8 Å². The van der Waals surface area contributed by atoms with Crippen LogP contribution >= 0.6 is 0 Å². The Labute approximate surface area is 281 Å². The first-order valence-electron chi connectivity index (χ1n) is 16.4. The van der Waals surface area contributed by atoms with E-state index in [9.17, 15) is 14.7 Å². The summed E-state index contributed by atoms with van der Waals surface area (Å²) in [7, 11) is 2.10. The summed E-state index contributed by atoms with van der Waals surface area (Å²) in [6.45, 7) is 1.94. The van der Waals surface area contributed by atoms with Gasteiger partial charge in [0.05, 0.1) is 18.8 Å². The van der Waals surface area contributed by atoms with E-state index in [0.29, 0.717) is 19.4 Å². The SMILES string of the molecule is CN(CCc1ccccn1)CC1CC(c2ccc(CO)cc2)OC(c2cccc(-c3cccc(CNC(=O)CCCC(=O)NO)c3)c2)O1. The maximum Gasteiger partial charge on any atom is 0.243 e. The third kappa shape index (κ3) is 10.3. The minimum absolute atomic E-state index is 0.00684. The second-order valence-corrected chi connectivity index (χ2v) is 12.2. The average molecular weight is 653 g/mol. The molecule has 0 bridgehead atoms. The van der Waals surface area contributed by atoms with Crippen LogP contribution in [-0.4, -0.2) is 58.3 Å². The number of aliphatic hydroxyl groups excluding tert-OH is 1. The number of carbonyl (C=O) groups is 2. The number of benzene rings is 3. The first-order valence-corrected chi connectivity index (χ1v) is 16.4. The molecule has 0 saturated carbocycles. The van der Waals surface area contributed by atoms with Crippen LogP contribution in [0.25, 0.3) is 11.1 Å². The van der Waals surface area contributed by atoms with Crippen LogP contribution in [0.15, 0.2) is 97.2 Å². The Balaban J connectivity index is 1.27. The predicted octanol–water partition coefficient (Wildman–Crippen LogP) is 5.25. The normalized spacial score (nSPS) is 17.6. The topological polar surface area (TPSA) is 133 Å². The molecule has 0 radical (unpaired) electrons. The third-order valence-corrected chi connectivity index (χ3v) is 8.45. The molecule has 2 amide bonds. The Morgan fingerprint density at radius 2 is 1.65 bits per heavy atom. The molecule has 10 heteroatoms. The Kier molecular flexibility index (Phi) is 12.8. The van der Waals surface area contributed by atoms with Crippen LogP contribution in [0.3, 0.4) is 0 Å². The molecule has 4 aromatic rings. The number of ether oxygens (including phenoxy) is 2. The maximum absolute atomic E-state index is 12.3. The number of hydrogen-bond acceptors (Lipinski definition) is 8. The van der Waals surface area contributed by atoms with Gasteiger partial charge in [-0.2, -0.15) is 0 Å². The molecule has 1 aliphatic rings. The second kappa shape index (κ2) is 17.6. The molecule has 252 valence electrons. The van der Waals surface area contributed by atoms with Crippen molar-refractivity contribution >= 4 is 11.8 Å². The summed E-state index contributed by atoms with van der Waals surface area (Å²) in [6, 6.07) is 30.1. The lowest BCUT2D eigenvalue weighted by molar-refractivity contribution is -0.252. The van der Waals surface area contributed by atoms with Crippen LogP contribution in [0.4, 0.5) is 0 Å². The molecule has 1 aromatic heterocycles. The monoisotopic (exact) mass is 652 g/mol. The summed E-state index contributed by atoms with van der Waals surface area (Å²) in [4.78, 5) is 30.2. The van der Waals surface area contributed by atoms with E-state index in [2.05, 4.69) is 28.3 Å². The van der Waals surface area contributed by atoms with Crippen molar-refractivity contribution in [3.8, 4) is 11.1 Å². The molecule has 1 aliphatic heterocycles. The molecule has 4 N–H and O–H groups in total. The van der Waals surface area contributed by atoms with E-state index in [4.69, 9.17) is 14.7 Å². The zero-order valence-electron chi connectivity index (χ0n) is 27.3. The highest BCUT2D eigenvalue weighted by Crippen LogP contribution is 2.39. The van der Waals surface area contributed by atoms with Gasteiger partial charge < -0.3 is 24.8 Å². The van der Waals surface area contributed by atoms with E-state index >= 15 is 0 Å². The number of nitrogens with one attached hydrogen (secondary N) is 2. The van der Waals surface area contributed by atoms with Crippen LogP contribution in [0.5, 0.6) is 0 Å². The largest absolute Gasteiger partial charge is 0.392 e. The van der Waals surface area contributed by atoms with E-state index in [-0.39, 0.29) is 37.6 Å². The summed E-state index contributed by atoms with van der Waals surface area (Å²) in [5, 5.41) is 21.1. The van der Waals surface area contributed by atoms with Crippen molar-refractivity contribution in [1.82, 2.24) is 20.7 Å². The molecular weight excluding hydrogens is 608 g/mol. The number of rotatable bonds is 15. The fourth-order valence-corrected chi connectivity index (χ4v) is 5.80. The quantitative estimate of drug-likeness (QED) is 0.101. The third-order valence-electron chi connectivity index (χ3n) is 8.45. The minimum atomic E-state index is -0.578. The first kappa shape index (κ1) is 34.9. The van der Waals surface area contributed by atoms with Gasteiger partial charge in [0, 0.05) is 62.8 Å². The van der Waals surface area contributed by atoms with Gasteiger partial charge in [0.15, 0.2) is 6.29 Å². The van der Waals surface area contributed by atoms with Gasteiger partial charge in [0.1, 0.15) is 0 Å². The molecule has 3 aromatic carbocycles. The lowest BCUT2D eigenvalue weighted by atomic mass is 9.98. The highest BCUT2D eigenvalue weighted by atomic mass is 16.7. The fourth-order valence-electron chi connectivity index (χ4n) is 5.80. The summed E-state index contributed by atoms with van der Waals surface area (Å²) >= 11 is 0. The number of hydroxylamine groups is 1. The zero-order chi connectivity index (χ0) is 33.7. The van der Waals surface area contributed by atoms with E-state index in [1.54, 1.807) is 5.48 Å². The van der Waals surface area contributed by atoms with Crippen LogP contribution in [0, 0.1) is 0 Å². The zero-order valence-corrected chi connectivity index (χ0v) is 27.3. The van der Waals surface area contributed by atoms with Crippen molar-refractivity contribution in [3.05, 3.63) is 125 Å². The Morgan fingerprint density at radius 1 is 0.875 bits per heavy atom. The van der Waals surface area contributed by atoms with Crippen LogP contribution in [-0.2, 0) is 38.6 Å². The van der Waals surface area contributed by atoms with Gasteiger partial charge in [-0.1, -0.05) is 66.7 Å². The van der Waals surface area contributed by atoms with Crippen LogP contribution in [0.1, 0.15) is 66.0 Å². The van der Waals surface area contributed by atoms with Crippen molar-refractivity contribution in [3.63, 3.8) is 0 Å². The van der Waals surface area contributed by atoms with Gasteiger partial charge in [-0.05, 0) is 65.6 Å². The lowest BCUT2D eigenvalue weighted by Gasteiger charge is -2.38. The van der Waals surface area contributed by atoms with Crippen molar-refractivity contribution < 1.29 is 29.4 Å². The number of amides is 2. The number of likely N-dealkylation sites (N-methyl/N-ethyl adjacent to an activating group) is 1. The van der Waals surface area contributed by atoms with Crippen molar-refractivity contribution in [1.29, 1.82) is 0 Å². The summed E-state index contributed by atoms with van der Waals surface area (Å²) in [6.07, 6.45) is 3.18. The number of aliphatic hydroxyl groups is 1. The fraction of sp³-hybridized carbons (Fsp3) is 0.342. The van der Waals surface area contributed by atoms with E-state index in [0.717, 1.165) is 58.6 Å². The van der Waals surface area contributed by atoms with Gasteiger partial charge in [-0.3, -0.25) is 19.8 Å². The summed E-state index contributed by atoms with van der Waals surface area (Å²) < 4.78 is 13.2. The molecule has 48 heavy (non-hydrogen) atoms. The standard InChI is InChI=1S/C38H44N4O6/c1-42(20-18-33-11-2-3-19-39-33)25-34-23-35(29-16-14-27(26-43)15-17-29)48-38(47-34)32-10-5-9-31(22-32)30-8-4-7-28(21-30)24-40-36(44)12-6-13-37(45)41-46/h2-5,7-11,14-17,19,21-22,34-35,38,43,46H,6,12-13,18,20,23-26H2,1H3,(H,40,44)(H,41,45). The molecule has 1 fully saturated rings. The smallest absolute Gasteiger partial charge is 0.243 e. The molecule has 3 atom stereocenters. The highest BCUT2D eigenvalue weighted by Gasteiger charge is 2.33. The van der Waals surface area contributed by atoms with E-state index < -0.39 is 12.2 Å². The van der Waals surface area contributed by atoms with Crippen LogP contribution < -0.4 is 10.8 Å². The van der Waals surface area contributed by atoms with Gasteiger partial charge in [-0.15, -0.1) is 0 Å². The summed E-state index contributed by atoms with van der Waals surface area (Å²) in [5.41, 5.74) is 8.40. The molecule has 10 nitrogen and oxygen atoms in total. The molecule has 2 heterocycles. The van der Waals surface area contributed by atoms with Gasteiger partial charge >= 0.3 is 0 Å². The second-order valence-electron chi connectivity index (χ2n) is 12.2. The predicted molar refractivity (Wildman–Crippen MR) is 181 cm³/mol. The lowest BCUT2D eigenvalue weighted by Crippen LogP contribution is -2.38. The maximum atomic E-state index is 12.3. The number of hydrogen-bond donors (Lipinski definition) is 4. The number of pyridine rings is 1. The van der Waals surface area contributed by atoms with Crippen LogP contribution in [0.2, 0.25) is 0 Å². The van der Waals surface area contributed by atoms with Crippen molar-refractivity contribution in [2.24, 2.45) is 0 Å². The molecule has 0 spiro atoms. The van der Waals surface area contributed by atoms with Gasteiger partial charge in [-0.25, -0.2) is 5.48 Å². The molecular formula is C38H44N4O6. The Hall–Kier alpha value is -4.45. The molecule has 0 aliphatic carbocycles. The number of carbonyl (C=O) groups excluding carboxylic acids is 2. The average Bonchev–Trinajstić information content (AvgIpc) is 3.13. The number of aromatic nitrogens is 1. The van der Waals surface area contributed by atoms with Gasteiger partial charge in [0.2, 0.25) is 11.8 Å². The Morgan fingerprint density at radius 3 is 2.40 bits per heavy atom. The number of nitrogens with zero attached hydrogens (tertiary/aromatic N) is 2. The molecule has 3 unspecified atom stereocenters. The van der Waals surface area contributed by atoms with E-state index in [1.165, 1.54) is 0 Å². The van der Waals surface area contributed by atoms with Gasteiger partial charge in [0.25, 0.3) is 0 Å². The first-order chi connectivity index (χ1) is 23.4. The molecule has 5 rings (SSSR count). The van der Waals surface area contributed by atoms with Crippen molar-refractivity contribution in [2.75, 3.05) is 20.1 Å². The highest BCUT2D eigenvalue weighted by molar-refractivity contribution is 5.78. The molecule has 1 saturated heterocycles.